The molecule has 0 bridgehead atoms. The molecule has 2 aromatic rings. The first-order valence-electron chi connectivity index (χ1n) is 7.38. The molecule has 2 N–H and O–H groups in total. The largest absolute Gasteiger partial charge is 0.334 e. The van der Waals surface area contributed by atoms with Gasteiger partial charge in [-0.2, -0.15) is 0 Å². The highest BCUT2D eigenvalue weighted by atomic mass is 35.5. The molecule has 1 amide bonds. The zero-order valence-corrected chi connectivity index (χ0v) is 12.4. The van der Waals surface area contributed by atoms with E-state index in [2.05, 4.69) is 15.3 Å². The molecule has 2 aliphatic rings. The molecule has 1 aromatic carbocycles. The van der Waals surface area contributed by atoms with Gasteiger partial charge in [0.05, 0.1) is 11.0 Å². The molecular weight excluding hydrogens is 288 g/mol. The van der Waals surface area contributed by atoms with Crippen molar-refractivity contribution in [2.24, 2.45) is 5.92 Å². The summed E-state index contributed by atoms with van der Waals surface area (Å²) in [6, 6.07) is 5.86. The topological polar surface area (TPSA) is 61.0 Å². The van der Waals surface area contributed by atoms with E-state index in [4.69, 9.17) is 11.6 Å². The minimum absolute atomic E-state index is 0.0153. The molecule has 2 unspecified atom stereocenters. The average molecular weight is 305 g/mol. The third kappa shape index (κ3) is 2.30. The Hall–Kier alpha value is -1.59. The van der Waals surface area contributed by atoms with Gasteiger partial charge in [-0.25, -0.2) is 4.98 Å². The number of carbonyl (C=O) groups is 1. The molecule has 0 spiro atoms. The maximum Gasteiger partial charge on any atom is 0.289 e. The lowest BCUT2D eigenvalue weighted by atomic mass is 9.94. The van der Waals surface area contributed by atoms with Gasteiger partial charge in [0.15, 0.2) is 5.82 Å². The Bertz CT molecular complexity index is 684. The number of piperidine rings is 1. The molecule has 6 heteroatoms. The van der Waals surface area contributed by atoms with Crippen molar-refractivity contribution in [3.8, 4) is 0 Å². The Morgan fingerprint density at radius 1 is 1.38 bits per heavy atom. The summed E-state index contributed by atoms with van der Waals surface area (Å²) in [6.45, 7) is 2.67. The lowest BCUT2D eigenvalue weighted by Crippen LogP contribution is -2.41. The molecule has 21 heavy (non-hydrogen) atoms. The number of aromatic amines is 1. The zero-order chi connectivity index (χ0) is 14.4. The third-order valence-electron chi connectivity index (χ3n) is 4.53. The fraction of sp³-hybridized carbons (Fsp3) is 0.467. The highest BCUT2D eigenvalue weighted by molar-refractivity contribution is 6.31. The van der Waals surface area contributed by atoms with Crippen molar-refractivity contribution >= 4 is 28.5 Å². The van der Waals surface area contributed by atoms with E-state index in [0.717, 1.165) is 30.7 Å². The number of nitrogens with one attached hydrogen (secondary N) is 2. The van der Waals surface area contributed by atoms with Crippen LogP contribution >= 0.6 is 11.6 Å². The Labute approximate surface area is 127 Å². The monoisotopic (exact) mass is 304 g/mol. The summed E-state index contributed by atoms with van der Waals surface area (Å²) >= 11 is 5.97. The van der Waals surface area contributed by atoms with Crippen molar-refractivity contribution < 1.29 is 4.79 Å². The number of nitrogens with zero attached hydrogens (tertiary/aromatic N) is 2. The van der Waals surface area contributed by atoms with E-state index in [1.165, 1.54) is 12.8 Å². The number of benzene rings is 1. The Morgan fingerprint density at radius 2 is 2.29 bits per heavy atom. The normalized spacial score (nSPS) is 25.3. The lowest BCUT2D eigenvalue weighted by molar-refractivity contribution is 0.0775. The number of aromatic nitrogens is 2. The minimum Gasteiger partial charge on any atom is -0.334 e. The number of rotatable bonds is 1. The number of carbonyl (C=O) groups excluding carboxylic acids is 1. The van der Waals surface area contributed by atoms with Crippen LogP contribution in [0.1, 0.15) is 23.5 Å². The first-order chi connectivity index (χ1) is 10.2. The van der Waals surface area contributed by atoms with Gasteiger partial charge < -0.3 is 15.2 Å². The van der Waals surface area contributed by atoms with E-state index >= 15 is 0 Å². The SMILES string of the molecule is O=C(c1nc2ccc(Cl)cc2[nH]1)N1CC2CCCNC2C1. The highest BCUT2D eigenvalue weighted by Gasteiger charge is 2.37. The molecule has 110 valence electrons. The van der Waals surface area contributed by atoms with Crippen LogP contribution in [-0.2, 0) is 0 Å². The van der Waals surface area contributed by atoms with Crippen molar-refractivity contribution in [2.45, 2.75) is 18.9 Å². The molecule has 1 aromatic heterocycles. The zero-order valence-electron chi connectivity index (χ0n) is 11.6. The number of hydrogen-bond donors (Lipinski definition) is 2. The number of fused-ring (bicyclic) bond motifs is 2. The Morgan fingerprint density at radius 3 is 3.14 bits per heavy atom. The second-order valence-electron chi connectivity index (χ2n) is 5.92. The van der Waals surface area contributed by atoms with Crippen LogP contribution in [0.15, 0.2) is 18.2 Å². The standard InChI is InChI=1S/C15H17ClN4O/c16-10-3-4-11-12(6-10)19-14(18-11)15(21)20-7-9-2-1-5-17-13(9)8-20/h3-4,6,9,13,17H,1-2,5,7-8H2,(H,18,19). The minimum atomic E-state index is -0.0153. The Kier molecular flexibility index (Phi) is 3.12. The van der Waals surface area contributed by atoms with Crippen molar-refractivity contribution in [2.75, 3.05) is 19.6 Å². The average Bonchev–Trinajstić information content (AvgIpc) is 3.09. The van der Waals surface area contributed by atoms with Crippen LogP contribution in [0.25, 0.3) is 11.0 Å². The first-order valence-corrected chi connectivity index (χ1v) is 7.76. The number of amides is 1. The van der Waals surface area contributed by atoms with E-state index < -0.39 is 0 Å². The number of imidazole rings is 1. The van der Waals surface area contributed by atoms with Gasteiger partial charge in [0.2, 0.25) is 0 Å². The number of halogens is 1. The number of hydrogen-bond acceptors (Lipinski definition) is 3. The van der Waals surface area contributed by atoms with Crippen LogP contribution in [0.2, 0.25) is 5.02 Å². The molecule has 4 rings (SSSR count). The summed E-state index contributed by atoms with van der Waals surface area (Å²) in [5.74, 6) is 0.978. The molecule has 0 saturated carbocycles. The fourth-order valence-electron chi connectivity index (χ4n) is 3.45. The van der Waals surface area contributed by atoms with Gasteiger partial charge >= 0.3 is 0 Å². The van der Waals surface area contributed by atoms with E-state index in [9.17, 15) is 4.79 Å². The van der Waals surface area contributed by atoms with E-state index in [1.54, 1.807) is 12.1 Å². The summed E-state index contributed by atoms with van der Waals surface area (Å²) in [5.41, 5.74) is 1.58. The summed E-state index contributed by atoms with van der Waals surface area (Å²) in [6.07, 6.45) is 2.41. The predicted molar refractivity (Wildman–Crippen MR) is 81.5 cm³/mol. The molecule has 2 atom stereocenters. The molecule has 2 aliphatic heterocycles. The molecular formula is C15H17ClN4O. The first kappa shape index (κ1) is 13.1. The maximum absolute atomic E-state index is 12.6. The van der Waals surface area contributed by atoms with Crippen molar-refractivity contribution in [1.29, 1.82) is 0 Å². The van der Waals surface area contributed by atoms with Gasteiger partial charge in [-0.1, -0.05) is 11.6 Å². The smallest absolute Gasteiger partial charge is 0.289 e. The molecule has 2 saturated heterocycles. The second kappa shape index (κ2) is 5.00. The molecule has 5 nitrogen and oxygen atoms in total. The van der Waals surface area contributed by atoms with Crippen LogP contribution in [0, 0.1) is 5.92 Å². The van der Waals surface area contributed by atoms with Crippen LogP contribution in [0.5, 0.6) is 0 Å². The molecule has 2 fully saturated rings. The Balaban J connectivity index is 1.58. The van der Waals surface area contributed by atoms with Gasteiger partial charge in [-0.3, -0.25) is 4.79 Å². The quantitative estimate of drug-likeness (QED) is 0.847. The van der Waals surface area contributed by atoms with Gasteiger partial charge in [0.1, 0.15) is 0 Å². The van der Waals surface area contributed by atoms with Gasteiger partial charge in [-0.05, 0) is 43.5 Å². The summed E-state index contributed by atoms with van der Waals surface area (Å²) in [4.78, 5) is 22.0. The predicted octanol–water partition coefficient (Wildman–Crippen LogP) is 2.04. The van der Waals surface area contributed by atoms with Crippen LogP contribution in [0.3, 0.4) is 0 Å². The van der Waals surface area contributed by atoms with Crippen molar-refractivity contribution in [3.05, 3.63) is 29.0 Å². The van der Waals surface area contributed by atoms with Crippen LogP contribution in [0.4, 0.5) is 0 Å². The highest BCUT2D eigenvalue weighted by Crippen LogP contribution is 2.26. The summed E-state index contributed by atoms with van der Waals surface area (Å²) in [7, 11) is 0. The van der Waals surface area contributed by atoms with E-state index in [-0.39, 0.29) is 5.91 Å². The van der Waals surface area contributed by atoms with Crippen LogP contribution in [-0.4, -0.2) is 46.5 Å². The summed E-state index contributed by atoms with van der Waals surface area (Å²) in [5, 5.41) is 4.15. The van der Waals surface area contributed by atoms with Crippen LogP contribution < -0.4 is 5.32 Å². The number of likely N-dealkylation sites (tertiary alicyclic amines) is 1. The third-order valence-corrected chi connectivity index (χ3v) is 4.77. The summed E-state index contributed by atoms with van der Waals surface area (Å²) < 4.78 is 0. The van der Waals surface area contributed by atoms with Crippen molar-refractivity contribution in [3.63, 3.8) is 0 Å². The molecule has 0 aliphatic carbocycles. The lowest BCUT2D eigenvalue weighted by Gasteiger charge is -2.24. The number of H-pyrrole nitrogens is 1. The van der Waals surface area contributed by atoms with Gasteiger partial charge in [0, 0.05) is 24.2 Å². The fourth-order valence-corrected chi connectivity index (χ4v) is 3.62. The maximum atomic E-state index is 12.6. The van der Waals surface area contributed by atoms with Gasteiger partial charge in [0.25, 0.3) is 5.91 Å². The van der Waals surface area contributed by atoms with Crippen molar-refractivity contribution in [1.82, 2.24) is 20.2 Å². The van der Waals surface area contributed by atoms with E-state index in [0.29, 0.717) is 22.8 Å². The van der Waals surface area contributed by atoms with E-state index in [1.807, 2.05) is 11.0 Å². The van der Waals surface area contributed by atoms with Gasteiger partial charge in [-0.15, -0.1) is 0 Å². The molecule has 0 radical (unpaired) electrons. The molecule has 3 heterocycles. The second-order valence-corrected chi connectivity index (χ2v) is 6.36.